The van der Waals surface area contributed by atoms with E-state index in [4.69, 9.17) is 0 Å². The van der Waals surface area contributed by atoms with E-state index < -0.39 is 5.82 Å². The van der Waals surface area contributed by atoms with Crippen molar-refractivity contribution in [2.24, 2.45) is 0 Å². The molecule has 1 N–H and O–H groups in total. The van der Waals surface area contributed by atoms with Crippen molar-refractivity contribution in [1.82, 2.24) is 35.1 Å². The minimum absolute atomic E-state index is 0. The number of imidazole rings is 1. The van der Waals surface area contributed by atoms with Crippen molar-refractivity contribution in [1.29, 1.82) is 0 Å². The zero-order valence-electron chi connectivity index (χ0n) is 16.6. The normalized spacial score (nSPS) is 14.5. The first-order chi connectivity index (χ1) is 13.6. The van der Waals surface area contributed by atoms with E-state index in [1.54, 1.807) is 10.6 Å². The molecule has 1 aromatic carbocycles. The van der Waals surface area contributed by atoms with Crippen LogP contribution in [-0.2, 0) is 0 Å². The molecule has 10 heteroatoms. The van der Waals surface area contributed by atoms with Crippen LogP contribution in [0.1, 0.15) is 35.8 Å². The molecule has 3 aromatic heterocycles. The van der Waals surface area contributed by atoms with Crippen LogP contribution < -0.4 is 5.32 Å². The van der Waals surface area contributed by atoms with Crippen LogP contribution in [0, 0.1) is 19.7 Å². The van der Waals surface area contributed by atoms with Crippen LogP contribution in [0.5, 0.6) is 0 Å². The van der Waals surface area contributed by atoms with Gasteiger partial charge in [-0.3, -0.25) is 0 Å². The average Bonchev–Trinajstić information content (AvgIpc) is 3.09. The van der Waals surface area contributed by atoms with E-state index >= 15 is 0 Å². The second-order valence-corrected chi connectivity index (χ2v) is 7.38. The number of benzene rings is 1. The van der Waals surface area contributed by atoms with Crippen LogP contribution in [-0.4, -0.2) is 42.9 Å². The van der Waals surface area contributed by atoms with Gasteiger partial charge in [-0.2, -0.15) is 5.10 Å². The predicted octanol–water partition coefficient (Wildman–Crippen LogP) is 3.80. The quantitative estimate of drug-likeness (QED) is 0.501. The smallest absolute Gasteiger partial charge is 0.156 e. The number of fused-ring (bicyclic) bond motifs is 2. The van der Waals surface area contributed by atoms with Crippen molar-refractivity contribution in [3.8, 4) is 11.3 Å². The Hall–Kier alpha value is -2.42. The Morgan fingerprint density at radius 2 is 1.80 bits per heavy atom. The van der Waals surface area contributed by atoms with Crippen molar-refractivity contribution in [2.45, 2.75) is 32.6 Å². The topological polar surface area (TPSA) is 80.9 Å². The lowest BCUT2D eigenvalue weighted by Gasteiger charge is -2.20. The van der Waals surface area contributed by atoms with E-state index in [0.717, 1.165) is 42.8 Å². The number of hydrogen-bond donors (Lipinski definition) is 1. The highest BCUT2D eigenvalue weighted by Crippen LogP contribution is 2.27. The fourth-order valence-electron chi connectivity index (χ4n) is 3.80. The predicted molar refractivity (Wildman–Crippen MR) is 118 cm³/mol. The number of aromatic nitrogens is 6. The van der Waals surface area contributed by atoms with Gasteiger partial charge in [-0.25, -0.2) is 18.9 Å². The first-order valence-electron chi connectivity index (χ1n) is 9.47. The highest BCUT2D eigenvalue weighted by atomic mass is 35.5. The highest BCUT2D eigenvalue weighted by Gasteiger charge is 2.20. The fraction of sp³-hybridized carbons (Fsp3) is 0.350. The van der Waals surface area contributed by atoms with Crippen molar-refractivity contribution >= 4 is 41.5 Å². The molecule has 1 saturated heterocycles. The van der Waals surface area contributed by atoms with E-state index in [2.05, 4.69) is 30.6 Å². The Bertz CT molecular complexity index is 1200. The van der Waals surface area contributed by atoms with Crippen LogP contribution in [0.4, 0.5) is 4.39 Å². The Morgan fingerprint density at radius 3 is 2.57 bits per heavy atom. The molecule has 0 unspecified atom stereocenters. The van der Waals surface area contributed by atoms with Crippen molar-refractivity contribution in [3.05, 3.63) is 47.3 Å². The lowest BCUT2D eigenvalue weighted by Crippen LogP contribution is -2.27. The maximum atomic E-state index is 14.9. The van der Waals surface area contributed by atoms with E-state index in [9.17, 15) is 4.39 Å². The molecule has 0 bridgehead atoms. The zero-order chi connectivity index (χ0) is 19.3. The summed E-state index contributed by atoms with van der Waals surface area (Å²) in [4.78, 5) is 8.95. The van der Waals surface area contributed by atoms with E-state index in [1.165, 1.54) is 6.07 Å². The molecule has 1 aliphatic rings. The lowest BCUT2D eigenvalue weighted by atomic mass is 9.97. The Balaban J connectivity index is 0.00000128. The SMILES string of the molecule is Cc1cn2nc(-c3cc(F)c4nc(C5CCNCC5)nnc4c3)cc(C)c2n1.Cl.Cl. The number of nitrogens with one attached hydrogen (secondary N) is 1. The Kier molecular flexibility index (Phi) is 6.50. The van der Waals surface area contributed by atoms with Crippen molar-refractivity contribution in [2.75, 3.05) is 13.1 Å². The number of piperidine rings is 1. The zero-order valence-corrected chi connectivity index (χ0v) is 18.2. The van der Waals surface area contributed by atoms with Crippen LogP contribution in [0.2, 0.25) is 0 Å². The molecule has 158 valence electrons. The van der Waals surface area contributed by atoms with Crippen molar-refractivity contribution < 1.29 is 4.39 Å². The molecule has 0 amide bonds. The summed E-state index contributed by atoms with van der Waals surface area (Å²) >= 11 is 0. The van der Waals surface area contributed by atoms with Gasteiger partial charge in [-0.15, -0.1) is 35.0 Å². The molecule has 0 spiro atoms. The molecule has 0 atom stereocenters. The van der Waals surface area contributed by atoms with Gasteiger partial charge < -0.3 is 5.32 Å². The van der Waals surface area contributed by atoms with Gasteiger partial charge in [-0.1, -0.05) is 0 Å². The second-order valence-electron chi connectivity index (χ2n) is 7.38. The number of aryl methyl sites for hydroxylation is 2. The molecule has 7 nitrogen and oxygen atoms in total. The number of halogens is 3. The maximum Gasteiger partial charge on any atom is 0.156 e. The molecule has 1 fully saturated rings. The minimum Gasteiger partial charge on any atom is -0.317 e. The van der Waals surface area contributed by atoms with Crippen molar-refractivity contribution in [3.63, 3.8) is 0 Å². The second kappa shape index (κ2) is 8.75. The third-order valence-corrected chi connectivity index (χ3v) is 5.26. The molecule has 1 aliphatic heterocycles. The highest BCUT2D eigenvalue weighted by molar-refractivity contribution is 5.85. The van der Waals surface area contributed by atoms with Crippen LogP contribution in [0.3, 0.4) is 0 Å². The summed E-state index contributed by atoms with van der Waals surface area (Å²) in [5.74, 6) is 0.456. The minimum atomic E-state index is -0.404. The largest absolute Gasteiger partial charge is 0.317 e. The molecule has 30 heavy (non-hydrogen) atoms. The average molecular weight is 450 g/mol. The van der Waals surface area contributed by atoms with Gasteiger partial charge in [0.25, 0.3) is 0 Å². The molecular weight excluding hydrogens is 428 g/mol. The van der Waals surface area contributed by atoms with Gasteiger partial charge in [0.15, 0.2) is 17.3 Å². The van der Waals surface area contributed by atoms with Gasteiger partial charge in [0.1, 0.15) is 11.0 Å². The fourth-order valence-corrected chi connectivity index (χ4v) is 3.80. The first kappa shape index (κ1) is 22.3. The molecule has 0 radical (unpaired) electrons. The summed E-state index contributed by atoms with van der Waals surface area (Å²) in [6.45, 7) is 5.74. The number of hydrogen-bond acceptors (Lipinski definition) is 6. The van der Waals surface area contributed by atoms with Gasteiger partial charge in [0.2, 0.25) is 0 Å². The summed E-state index contributed by atoms with van der Waals surface area (Å²) in [5, 5.41) is 16.5. The third kappa shape index (κ3) is 3.95. The van der Waals surface area contributed by atoms with Gasteiger partial charge in [0, 0.05) is 11.5 Å². The summed E-state index contributed by atoms with van der Waals surface area (Å²) in [6, 6.07) is 5.18. The lowest BCUT2D eigenvalue weighted by molar-refractivity contribution is 0.442. The van der Waals surface area contributed by atoms with E-state index in [1.807, 2.05) is 26.1 Å². The number of rotatable bonds is 2. The van der Waals surface area contributed by atoms with Crippen LogP contribution >= 0.6 is 24.8 Å². The van der Waals surface area contributed by atoms with Gasteiger partial charge >= 0.3 is 0 Å². The molecule has 4 aromatic rings. The standard InChI is InChI=1S/C20H20FN7.2ClH/c1-11-7-16(27-28-10-12(2)23-20(11)28)14-8-15(21)18-17(9-14)25-26-19(24-18)13-3-5-22-6-4-13;;/h7-10,13,22H,3-6H2,1-2H3;2*1H. The Morgan fingerprint density at radius 1 is 1.03 bits per heavy atom. The van der Waals surface area contributed by atoms with E-state index in [-0.39, 0.29) is 36.2 Å². The molecule has 5 rings (SSSR count). The van der Waals surface area contributed by atoms with Crippen LogP contribution in [0.15, 0.2) is 24.4 Å². The van der Waals surface area contributed by atoms with Crippen LogP contribution in [0.25, 0.3) is 27.9 Å². The van der Waals surface area contributed by atoms with E-state index in [0.29, 0.717) is 22.6 Å². The third-order valence-electron chi connectivity index (χ3n) is 5.26. The maximum absolute atomic E-state index is 14.9. The first-order valence-corrected chi connectivity index (χ1v) is 9.47. The monoisotopic (exact) mass is 449 g/mol. The summed E-state index contributed by atoms with van der Waals surface area (Å²) < 4.78 is 16.6. The molecule has 4 heterocycles. The summed E-state index contributed by atoms with van der Waals surface area (Å²) in [7, 11) is 0. The Labute approximate surface area is 185 Å². The summed E-state index contributed by atoms with van der Waals surface area (Å²) in [6.07, 6.45) is 3.75. The molecule has 0 saturated carbocycles. The van der Waals surface area contributed by atoms with Gasteiger partial charge in [0.05, 0.1) is 17.6 Å². The summed E-state index contributed by atoms with van der Waals surface area (Å²) in [5.41, 5.74) is 4.68. The number of nitrogens with zero attached hydrogens (tertiary/aromatic N) is 6. The van der Waals surface area contributed by atoms with Gasteiger partial charge in [-0.05, 0) is 63.5 Å². The molecule has 0 aliphatic carbocycles. The molecular formula is C20H22Cl2FN7.